The zero-order chi connectivity index (χ0) is 22.7. The Bertz CT molecular complexity index is 1190. The Hall–Kier alpha value is -3.33. The second-order valence-electron chi connectivity index (χ2n) is 8.02. The molecule has 1 aliphatic heterocycles. The molecule has 1 aromatic carbocycles. The van der Waals surface area contributed by atoms with E-state index in [0.29, 0.717) is 18.2 Å². The lowest BCUT2D eigenvalue weighted by molar-refractivity contribution is 0.174. The maximum absolute atomic E-state index is 12.4. The number of hydrogen-bond donors (Lipinski definition) is 3. The van der Waals surface area contributed by atoms with Crippen LogP contribution >= 0.6 is 0 Å². The van der Waals surface area contributed by atoms with Crippen molar-refractivity contribution in [2.24, 2.45) is 0 Å². The fraction of sp³-hybridized carbons (Fsp3) is 0.304. The van der Waals surface area contributed by atoms with E-state index in [1.54, 1.807) is 12.4 Å². The minimum atomic E-state index is -3.67. The molecule has 0 spiro atoms. The number of sulfonamides is 1. The molecule has 3 N–H and O–H groups in total. The molecule has 2 aliphatic rings. The summed E-state index contributed by atoms with van der Waals surface area (Å²) in [6.07, 6.45) is 11.1. The molecule has 0 bridgehead atoms. The lowest BCUT2D eigenvalue weighted by Crippen LogP contribution is -2.34. The number of nitrogens with one attached hydrogen (secondary N) is 3. The van der Waals surface area contributed by atoms with E-state index in [-0.39, 0.29) is 6.04 Å². The number of carbonyl (C=O) groups is 1. The van der Waals surface area contributed by atoms with Crippen molar-refractivity contribution < 1.29 is 17.9 Å². The van der Waals surface area contributed by atoms with Crippen LogP contribution in [0.25, 0.3) is 5.57 Å². The normalized spacial score (nSPS) is 17.5. The number of aryl methyl sites for hydroxylation is 1. The van der Waals surface area contributed by atoms with Crippen LogP contribution in [0.1, 0.15) is 35.6 Å². The van der Waals surface area contributed by atoms with Crippen molar-refractivity contribution in [3.8, 4) is 0 Å². The predicted molar refractivity (Wildman–Crippen MR) is 123 cm³/mol. The lowest BCUT2D eigenvalue weighted by atomic mass is 9.94. The van der Waals surface area contributed by atoms with Gasteiger partial charge in [0, 0.05) is 30.1 Å². The number of allylic oxidation sites excluding steroid dienone is 2. The standard InChI is InChI=1S/C23H26N4O4S/c1-15-12-18(13-21(25-15)31-14-16-8-10-24-11-9-16)20-7-6-17-4-3-5-19(17)22(20)26-23(28)27-32(2,29)30/h6-13,15,25H,3-5,14H2,1-2H3,(H2,26,27,28). The summed E-state index contributed by atoms with van der Waals surface area (Å²) in [6, 6.07) is 7.08. The van der Waals surface area contributed by atoms with Crippen molar-refractivity contribution in [3.63, 3.8) is 0 Å². The molecule has 0 saturated carbocycles. The van der Waals surface area contributed by atoms with Crippen LogP contribution in [0.5, 0.6) is 0 Å². The number of pyridine rings is 1. The summed E-state index contributed by atoms with van der Waals surface area (Å²) in [5.74, 6) is 0.624. The third kappa shape index (κ3) is 5.28. The summed E-state index contributed by atoms with van der Waals surface area (Å²) in [7, 11) is -3.67. The molecule has 32 heavy (non-hydrogen) atoms. The molecular formula is C23H26N4O4S. The van der Waals surface area contributed by atoms with Gasteiger partial charge >= 0.3 is 6.03 Å². The first-order valence-corrected chi connectivity index (χ1v) is 12.3. The zero-order valence-electron chi connectivity index (χ0n) is 18.0. The van der Waals surface area contributed by atoms with Gasteiger partial charge in [-0.1, -0.05) is 18.2 Å². The van der Waals surface area contributed by atoms with Crippen LogP contribution in [-0.2, 0) is 34.2 Å². The maximum Gasteiger partial charge on any atom is 0.332 e. The Kier molecular flexibility index (Phi) is 6.18. The third-order valence-electron chi connectivity index (χ3n) is 5.34. The van der Waals surface area contributed by atoms with Gasteiger partial charge in [-0.25, -0.2) is 17.9 Å². The summed E-state index contributed by atoms with van der Waals surface area (Å²) < 4.78 is 31.0. The van der Waals surface area contributed by atoms with Gasteiger partial charge in [0.05, 0.1) is 11.9 Å². The van der Waals surface area contributed by atoms with E-state index in [0.717, 1.165) is 47.8 Å². The molecule has 9 heteroatoms. The van der Waals surface area contributed by atoms with Crippen LogP contribution in [0, 0.1) is 0 Å². The largest absolute Gasteiger partial charge is 0.474 e. The van der Waals surface area contributed by atoms with Crippen molar-refractivity contribution in [1.82, 2.24) is 15.0 Å². The van der Waals surface area contributed by atoms with E-state index in [2.05, 4.69) is 27.8 Å². The predicted octanol–water partition coefficient (Wildman–Crippen LogP) is 3.08. The Morgan fingerprint density at radius 3 is 2.75 bits per heavy atom. The first-order chi connectivity index (χ1) is 15.3. The first kappa shape index (κ1) is 21.9. The third-order valence-corrected chi connectivity index (χ3v) is 5.90. The van der Waals surface area contributed by atoms with Crippen molar-refractivity contribution >= 4 is 27.3 Å². The van der Waals surface area contributed by atoms with Gasteiger partial charge in [0.2, 0.25) is 10.0 Å². The van der Waals surface area contributed by atoms with Crippen molar-refractivity contribution in [2.45, 2.75) is 38.8 Å². The van der Waals surface area contributed by atoms with E-state index in [1.165, 1.54) is 5.56 Å². The van der Waals surface area contributed by atoms with Crippen molar-refractivity contribution in [2.75, 3.05) is 11.6 Å². The van der Waals surface area contributed by atoms with Gasteiger partial charge in [0.25, 0.3) is 0 Å². The SMILES string of the molecule is CC1C=C(c2ccc3c(c2NC(=O)NS(C)(=O)=O)CCC3)C=C(OCc2ccncc2)N1. The summed E-state index contributed by atoms with van der Waals surface area (Å²) in [5.41, 5.74) is 5.59. The zero-order valence-corrected chi connectivity index (χ0v) is 18.8. The molecule has 0 fully saturated rings. The first-order valence-electron chi connectivity index (χ1n) is 10.4. The van der Waals surface area contributed by atoms with Crippen molar-refractivity contribution in [1.29, 1.82) is 0 Å². The van der Waals surface area contributed by atoms with Gasteiger partial charge in [0.1, 0.15) is 6.61 Å². The fourth-order valence-corrected chi connectivity index (χ4v) is 4.40. The van der Waals surface area contributed by atoms with Gasteiger partial charge in [-0.05, 0) is 60.6 Å². The molecule has 0 saturated heterocycles. The number of amides is 2. The lowest BCUT2D eigenvalue weighted by Gasteiger charge is -2.24. The quantitative estimate of drug-likeness (QED) is 0.619. The number of dihydropyridines is 1. The molecule has 2 aromatic rings. The van der Waals surface area contributed by atoms with Gasteiger partial charge in [-0.3, -0.25) is 4.98 Å². The maximum atomic E-state index is 12.4. The molecule has 1 aliphatic carbocycles. The van der Waals surface area contributed by atoms with Gasteiger partial charge in [-0.2, -0.15) is 0 Å². The Balaban J connectivity index is 1.64. The number of benzene rings is 1. The monoisotopic (exact) mass is 454 g/mol. The molecule has 8 nitrogen and oxygen atoms in total. The molecule has 1 unspecified atom stereocenters. The van der Waals surface area contributed by atoms with Gasteiger partial charge < -0.3 is 15.4 Å². The van der Waals surface area contributed by atoms with E-state index in [4.69, 9.17) is 4.74 Å². The van der Waals surface area contributed by atoms with E-state index in [9.17, 15) is 13.2 Å². The molecule has 1 atom stereocenters. The van der Waals surface area contributed by atoms with Crippen LogP contribution in [0.15, 0.2) is 54.7 Å². The number of rotatable bonds is 6. The Labute approximate surface area is 187 Å². The number of carbonyl (C=O) groups excluding carboxylic acids is 1. The van der Waals surface area contributed by atoms with Crippen molar-refractivity contribution in [3.05, 3.63) is 76.9 Å². The molecular weight excluding hydrogens is 428 g/mol. The number of fused-ring (bicyclic) bond motifs is 1. The molecule has 2 amide bonds. The molecule has 4 rings (SSSR count). The second-order valence-corrected chi connectivity index (χ2v) is 9.76. The number of hydrogen-bond acceptors (Lipinski definition) is 6. The van der Waals surface area contributed by atoms with Crippen LogP contribution in [-0.4, -0.2) is 31.7 Å². The highest BCUT2D eigenvalue weighted by atomic mass is 32.2. The van der Waals surface area contributed by atoms with Crippen LogP contribution in [0.3, 0.4) is 0 Å². The Morgan fingerprint density at radius 1 is 1.22 bits per heavy atom. The Morgan fingerprint density at radius 2 is 2.00 bits per heavy atom. The highest BCUT2D eigenvalue weighted by Crippen LogP contribution is 2.37. The number of anilines is 1. The number of nitrogens with zero attached hydrogens (tertiary/aromatic N) is 1. The number of urea groups is 1. The van der Waals surface area contributed by atoms with Crippen LogP contribution in [0.4, 0.5) is 10.5 Å². The fourth-order valence-electron chi connectivity index (χ4n) is 4.01. The summed E-state index contributed by atoms with van der Waals surface area (Å²) >= 11 is 0. The van der Waals surface area contributed by atoms with Crippen LogP contribution < -0.4 is 15.4 Å². The average molecular weight is 455 g/mol. The van der Waals surface area contributed by atoms with E-state index in [1.807, 2.05) is 35.9 Å². The smallest absolute Gasteiger partial charge is 0.332 e. The topological polar surface area (TPSA) is 109 Å². The van der Waals surface area contributed by atoms with Crippen LogP contribution in [0.2, 0.25) is 0 Å². The summed E-state index contributed by atoms with van der Waals surface area (Å²) in [4.78, 5) is 16.4. The highest BCUT2D eigenvalue weighted by molar-refractivity contribution is 7.89. The second kappa shape index (κ2) is 9.04. The minimum absolute atomic E-state index is 0.00777. The molecule has 2 heterocycles. The average Bonchev–Trinajstić information content (AvgIpc) is 3.21. The number of aromatic nitrogens is 1. The van der Waals surface area contributed by atoms with Gasteiger partial charge in [0.15, 0.2) is 5.88 Å². The summed E-state index contributed by atoms with van der Waals surface area (Å²) in [6.45, 7) is 2.41. The molecule has 1 aromatic heterocycles. The summed E-state index contributed by atoms with van der Waals surface area (Å²) in [5, 5.41) is 6.08. The molecule has 168 valence electrons. The van der Waals surface area contributed by atoms with E-state index < -0.39 is 16.1 Å². The molecule has 0 radical (unpaired) electrons. The van der Waals surface area contributed by atoms with Gasteiger partial charge in [-0.15, -0.1) is 0 Å². The van der Waals surface area contributed by atoms with E-state index >= 15 is 0 Å². The highest BCUT2D eigenvalue weighted by Gasteiger charge is 2.23. The number of ether oxygens (including phenoxy) is 1. The minimum Gasteiger partial charge on any atom is -0.474 e.